The molecular formula is C11H16O2S. The molecular weight excluding hydrogens is 196 g/mol. The number of allylic oxidation sites excluding steroid dienone is 2. The van der Waals surface area contributed by atoms with Crippen LogP contribution < -0.4 is 0 Å². The third kappa shape index (κ3) is 2.32. The van der Waals surface area contributed by atoms with E-state index in [4.69, 9.17) is 0 Å². The van der Waals surface area contributed by atoms with Crippen molar-refractivity contribution in [2.75, 3.05) is 11.5 Å². The lowest BCUT2D eigenvalue weighted by atomic mass is 9.80. The first kappa shape index (κ1) is 10.1. The highest BCUT2D eigenvalue weighted by atomic mass is 32.2. The van der Waals surface area contributed by atoms with Gasteiger partial charge >= 0.3 is 0 Å². The number of hydrogen-bond acceptors (Lipinski definition) is 3. The summed E-state index contributed by atoms with van der Waals surface area (Å²) in [6, 6.07) is 0. The van der Waals surface area contributed by atoms with Gasteiger partial charge in [0.1, 0.15) is 0 Å². The first-order valence-corrected chi connectivity index (χ1v) is 6.41. The van der Waals surface area contributed by atoms with Gasteiger partial charge in [0, 0.05) is 18.9 Å². The second kappa shape index (κ2) is 4.39. The molecule has 0 aromatic rings. The maximum absolute atomic E-state index is 11.3. The summed E-state index contributed by atoms with van der Waals surface area (Å²) in [5.41, 5.74) is 0. The Hall–Kier alpha value is -0.440. The molecule has 78 valence electrons. The molecule has 1 heterocycles. The highest BCUT2D eigenvalue weighted by Gasteiger charge is 2.29. The van der Waals surface area contributed by atoms with Crippen molar-refractivity contribution in [1.29, 1.82) is 0 Å². The molecule has 1 saturated heterocycles. The predicted molar refractivity (Wildman–Crippen MR) is 58.5 cm³/mol. The first-order valence-electron chi connectivity index (χ1n) is 5.26. The Labute approximate surface area is 88.8 Å². The smallest absolute Gasteiger partial charge is 0.159 e. The minimum atomic E-state index is 0.106. The summed E-state index contributed by atoms with van der Waals surface area (Å²) in [6.07, 6.45) is 5.27. The molecule has 2 nitrogen and oxygen atoms in total. The van der Waals surface area contributed by atoms with E-state index in [0.29, 0.717) is 24.0 Å². The van der Waals surface area contributed by atoms with Crippen LogP contribution in [0.25, 0.3) is 0 Å². The molecule has 3 heteroatoms. The van der Waals surface area contributed by atoms with Crippen molar-refractivity contribution in [2.24, 2.45) is 11.8 Å². The fourth-order valence-corrected chi connectivity index (χ4v) is 3.65. The number of carbonyl (C=O) groups excluding carboxylic acids is 1. The minimum absolute atomic E-state index is 0.106. The predicted octanol–water partition coefficient (Wildman–Crippen LogP) is 2.55. The molecule has 2 aliphatic rings. The van der Waals surface area contributed by atoms with Crippen LogP contribution in [-0.4, -0.2) is 22.4 Å². The van der Waals surface area contributed by atoms with Gasteiger partial charge in [-0.15, -0.1) is 0 Å². The van der Waals surface area contributed by atoms with Crippen LogP contribution in [0.1, 0.15) is 25.7 Å². The monoisotopic (exact) mass is 212 g/mol. The zero-order valence-corrected chi connectivity index (χ0v) is 9.05. The van der Waals surface area contributed by atoms with Crippen LogP contribution in [0.2, 0.25) is 0 Å². The van der Waals surface area contributed by atoms with E-state index in [1.165, 1.54) is 30.4 Å². The summed E-state index contributed by atoms with van der Waals surface area (Å²) < 4.78 is 0. The highest BCUT2D eigenvalue weighted by Crippen LogP contribution is 2.35. The van der Waals surface area contributed by atoms with E-state index in [1.807, 2.05) is 11.8 Å². The molecule has 0 aromatic heterocycles. The molecule has 0 saturated carbocycles. The second-order valence-corrected chi connectivity index (χ2v) is 5.40. The molecule has 1 aliphatic carbocycles. The lowest BCUT2D eigenvalue weighted by Crippen LogP contribution is -2.26. The summed E-state index contributed by atoms with van der Waals surface area (Å²) in [5, 5.41) is 9.41. The zero-order valence-electron chi connectivity index (χ0n) is 8.24. The fraction of sp³-hybridized carbons (Fsp3) is 0.727. The molecule has 0 amide bonds. The zero-order chi connectivity index (χ0) is 9.97. The Morgan fingerprint density at radius 3 is 2.86 bits per heavy atom. The Morgan fingerprint density at radius 2 is 2.21 bits per heavy atom. The van der Waals surface area contributed by atoms with Crippen molar-refractivity contribution in [3.05, 3.63) is 11.8 Å². The van der Waals surface area contributed by atoms with Gasteiger partial charge in [0.05, 0.1) is 5.76 Å². The Bertz CT molecular complexity index is 254. The summed E-state index contributed by atoms with van der Waals surface area (Å²) in [6.45, 7) is 0. The van der Waals surface area contributed by atoms with E-state index in [0.717, 1.165) is 6.42 Å². The van der Waals surface area contributed by atoms with Crippen molar-refractivity contribution in [1.82, 2.24) is 0 Å². The second-order valence-electron chi connectivity index (χ2n) is 4.25. The average Bonchev–Trinajstić information content (AvgIpc) is 2.18. The van der Waals surface area contributed by atoms with Gasteiger partial charge in [0.25, 0.3) is 0 Å². The van der Waals surface area contributed by atoms with Gasteiger partial charge in [0.2, 0.25) is 0 Å². The molecule has 2 rings (SSSR count). The molecule has 0 bridgehead atoms. The lowest BCUT2D eigenvalue weighted by Gasteiger charge is -2.30. The van der Waals surface area contributed by atoms with Gasteiger partial charge in [-0.3, -0.25) is 4.79 Å². The number of hydrogen-bond donors (Lipinski definition) is 1. The van der Waals surface area contributed by atoms with Gasteiger partial charge in [-0.2, -0.15) is 11.8 Å². The number of aliphatic hydroxyl groups is 1. The molecule has 0 radical (unpaired) electrons. The maximum Gasteiger partial charge on any atom is 0.159 e. The van der Waals surface area contributed by atoms with Gasteiger partial charge in [-0.05, 0) is 36.2 Å². The third-order valence-corrected chi connectivity index (χ3v) is 4.37. The summed E-state index contributed by atoms with van der Waals surface area (Å²) in [7, 11) is 0. The van der Waals surface area contributed by atoms with E-state index in [-0.39, 0.29) is 5.78 Å². The van der Waals surface area contributed by atoms with Gasteiger partial charge in [0.15, 0.2) is 5.78 Å². The molecule has 2 unspecified atom stereocenters. The normalized spacial score (nSPS) is 34.0. The molecule has 1 N–H and O–H groups in total. The number of carbonyl (C=O) groups is 1. The standard InChI is InChI=1S/C11H16O2S/c12-10-4-9(5-11(13)6-10)8-2-1-3-14-7-8/h6,8-9,12H,1-5,7H2. The van der Waals surface area contributed by atoms with Crippen LogP contribution in [0.15, 0.2) is 11.8 Å². The number of rotatable bonds is 1. The topological polar surface area (TPSA) is 37.3 Å². The molecule has 0 aromatic carbocycles. The largest absolute Gasteiger partial charge is 0.512 e. The van der Waals surface area contributed by atoms with E-state index >= 15 is 0 Å². The Kier molecular flexibility index (Phi) is 3.16. The van der Waals surface area contributed by atoms with Crippen molar-refractivity contribution in [2.45, 2.75) is 25.7 Å². The van der Waals surface area contributed by atoms with Crippen molar-refractivity contribution in [3.63, 3.8) is 0 Å². The highest BCUT2D eigenvalue weighted by molar-refractivity contribution is 7.99. The number of aliphatic hydroxyl groups excluding tert-OH is 1. The number of ketones is 1. The average molecular weight is 212 g/mol. The van der Waals surface area contributed by atoms with Crippen LogP contribution >= 0.6 is 11.8 Å². The van der Waals surface area contributed by atoms with E-state index in [9.17, 15) is 9.90 Å². The van der Waals surface area contributed by atoms with Crippen LogP contribution in [0.3, 0.4) is 0 Å². The molecule has 14 heavy (non-hydrogen) atoms. The maximum atomic E-state index is 11.3. The molecule has 1 aliphatic heterocycles. The molecule has 1 fully saturated rings. The van der Waals surface area contributed by atoms with Crippen LogP contribution in [-0.2, 0) is 4.79 Å². The van der Waals surface area contributed by atoms with Gasteiger partial charge in [-0.1, -0.05) is 0 Å². The lowest BCUT2D eigenvalue weighted by molar-refractivity contribution is -0.116. The van der Waals surface area contributed by atoms with E-state index in [1.54, 1.807) is 0 Å². The van der Waals surface area contributed by atoms with Gasteiger partial charge in [-0.25, -0.2) is 0 Å². The van der Waals surface area contributed by atoms with Crippen molar-refractivity contribution >= 4 is 17.5 Å². The number of thioether (sulfide) groups is 1. The SMILES string of the molecule is O=C1C=C(O)CC(C2CCCSC2)C1. The van der Waals surface area contributed by atoms with Crippen LogP contribution in [0, 0.1) is 11.8 Å². The van der Waals surface area contributed by atoms with Gasteiger partial charge < -0.3 is 5.11 Å². The molecule has 2 atom stereocenters. The van der Waals surface area contributed by atoms with Crippen molar-refractivity contribution < 1.29 is 9.90 Å². The third-order valence-electron chi connectivity index (χ3n) is 3.12. The first-order chi connectivity index (χ1) is 6.75. The Balaban J connectivity index is 1.97. The minimum Gasteiger partial charge on any atom is -0.512 e. The summed E-state index contributed by atoms with van der Waals surface area (Å²) >= 11 is 1.99. The Morgan fingerprint density at radius 1 is 1.36 bits per heavy atom. The van der Waals surface area contributed by atoms with Crippen LogP contribution in [0.5, 0.6) is 0 Å². The van der Waals surface area contributed by atoms with E-state index in [2.05, 4.69) is 0 Å². The quantitative estimate of drug-likeness (QED) is 0.725. The fourth-order valence-electron chi connectivity index (χ4n) is 2.37. The van der Waals surface area contributed by atoms with Crippen LogP contribution in [0.4, 0.5) is 0 Å². The van der Waals surface area contributed by atoms with E-state index < -0.39 is 0 Å². The summed E-state index contributed by atoms with van der Waals surface area (Å²) in [4.78, 5) is 11.3. The van der Waals surface area contributed by atoms with Crippen molar-refractivity contribution in [3.8, 4) is 0 Å². The summed E-state index contributed by atoms with van der Waals surface area (Å²) in [5.74, 6) is 3.88. The molecule has 0 spiro atoms.